The molecule has 0 spiro atoms. The van der Waals surface area contributed by atoms with Gasteiger partial charge in [-0.1, -0.05) is 11.6 Å². The molecular weight excluding hydrogens is 212 g/mol. The second-order valence-electron chi connectivity index (χ2n) is 4.26. The fourth-order valence-corrected chi connectivity index (χ4v) is 1.07. The zero-order valence-electron chi connectivity index (χ0n) is 9.58. The van der Waals surface area contributed by atoms with Crippen LogP contribution in [0, 0.1) is 0 Å². The first-order valence-corrected chi connectivity index (χ1v) is 5.19. The Bertz CT molecular complexity index is 325. The molecule has 1 aromatic heterocycles. The van der Waals surface area contributed by atoms with Crippen molar-refractivity contribution in [3.05, 3.63) is 17.5 Å². The van der Waals surface area contributed by atoms with Gasteiger partial charge in [0, 0.05) is 24.5 Å². The Balaban J connectivity index is 2.62. The van der Waals surface area contributed by atoms with Gasteiger partial charge in [0.25, 0.3) is 0 Å². The molecule has 15 heavy (non-hydrogen) atoms. The SMILES string of the molecule is CN(C)C(C)(C)CNc1nccnc1Cl. The summed E-state index contributed by atoms with van der Waals surface area (Å²) in [4.78, 5) is 10.2. The minimum Gasteiger partial charge on any atom is -0.366 e. The van der Waals surface area contributed by atoms with Crippen molar-refractivity contribution in [2.45, 2.75) is 19.4 Å². The van der Waals surface area contributed by atoms with Crippen LogP contribution in [0.15, 0.2) is 12.4 Å². The number of hydrogen-bond acceptors (Lipinski definition) is 4. The Hall–Kier alpha value is -0.870. The van der Waals surface area contributed by atoms with Gasteiger partial charge in [0.2, 0.25) is 0 Å². The standard InChI is InChI=1S/C10H17ClN4/c1-10(2,15(3)4)7-14-9-8(11)12-5-6-13-9/h5-6H,7H2,1-4H3,(H,13,14). The number of nitrogens with one attached hydrogen (secondary N) is 1. The van der Waals surface area contributed by atoms with Crippen LogP contribution in [0.25, 0.3) is 0 Å². The van der Waals surface area contributed by atoms with Crippen LogP contribution in [0.2, 0.25) is 5.15 Å². The second-order valence-corrected chi connectivity index (χ2v) is 4.61. The van der Waals surface area contributed by atoms with E-state index in [-0.39, 0.29) is 5.54 Å². The third-order valence-corrected chi connectivity index (χ3v) is 2.83. The van der Waals surface area contributed by atoms with Crippen LogP contribution in [0.5, 0.6) is 0 Å². The summed E-state index contributed by atoms with van der Waals surface area (Å²) in [5.41, 5.74) is 0.0425. The van der Waals surface area contributed by atoms with E-state index in [9.17, 15) is 0 Å². The van der Waals surface area contributed by atoms with Crippen molar-refractivity contribution >= 4 is 17.4 Å². The van der Waals surface area contributed by atoms with Crippen molar-refractivity contribution in [3.8, 4) is 0 Å². The highest BCUT2D eigenvalue weighted by Crippen LogP contribution is 2.16. The van der Waals surface area contributed by atoms with E-state index in [2.05, 4.69) is 34.0 Å². The molecule has 0 atom stereocenters. The van der Waals surface area contributed by atoms with Crippen molar-refractivity contribution in [1.29, 1.82) is 0 Å². The smallest absolute Gasteiger partial charge is 0.171 e. The van der Waals surface area contributed by atoms with Gasteiger partial charge in [0.05, 0.1) is 0 Å². The molecule has 0 aliphatic rings. The van der Waals surface area contributed by atoms with Gasteiger partial charge in [-0.05, 0) is 27.9 Å². The van der Waals surface area contributed by atoms with Gasteiger partial charge in [-0.15, -0.1) is 0 Å². The Morgan fingerprint density at radius 3 is 2.47 bits per heavy atom. The topological polar surface area (TPSA) is 41.0 Å². The molecule has 1 N–H and O–H groups in total. The van der Waals surface area contributed by atoms with E-state index in [0.29, 0.717) is 11.0 Å². The van der Waals surface area contributed by atoms with Gasteiger partial charge in [-0.2, -0.15) is 0 Å². The molecule has 0 radical (unpaired) electrons. The molecule has 0 aliphatic heterocycles. The maximum absolute atomic E-state index is 5.88. The fraction of sp³-hybridized carbons (Fsp3) is 0.600. The summed E-state index contributed by atoms with van der Waals surface area (Å²) in [7, 11) is 4.08. The Kier molecular flexibility index (Phi) is 3.88. The fourth-order valence-electron chi connectivity index (χ4n) is 0.898. The Morgan fingerprint density at radius 1 is 1.33 bits per heavy atom. The summed E-state index contributed by atoms with van der Waals surface area (Å²) in [5, 5.41) is 3.60. The van der Waals surface area contributed by atoms with E-state index in [1.165, 1.54) is 0 Å². The molecule has 1 heterocycles. The van der Waals surface area contributed by atoms with Crippen molar-refractivity contribution in [2.75, 3.05) is 26.0 Å². The number of halogens is 1. The van der Waals surface area contributed by atoms with Crippen molar-refractivity contribution in [1.82, 2.24) is 14.9 Å². The van der Waals surface area contributed by atoms with Crippen molar-refractivity contribution in [2.24, 2.45) is 0 Å². The van der Waals surface area contributed by atoms with Crippen molar-refractivity contribution < 1.29 is 0 Å². The average Bonchev–Trinajstić information content (AvgIpc) is 2.16. The zero-order chi connectivity index (χ0) is 11.5. The van der Waals surface area contributed by atoms with Crippen LogP contribution in [-0.4, -0.2) is 41.0 Å². The number of hydrogen-bond donors (Lipinski definition) is 1. The van der Waals surface area contributed by atoms with Crippen LogP contribution in [0.1, 0.15) is 13.8 Å². The highest BCUT2D eigenvalue weighted by atomic mass is 35.5. The Morgan fingerprint density at radius 2 is 1.93 bits per heavy atom. The molecule has 0 fully saturated rings. The van der Waals surface area contributed by atoms with Gasteiger partial charge in [0.15, 0.2) is 11.0 Å². The normalized spacial score (nSPS) is 11.9. The van der Waals surface area contributed by atoms with E-state index < -0.39 is 0 Å². The number of likely N-dealkylation sites (N-methyl/N-ethyl adjacent to an activating group) is 1. The molecular formula is C10H17ClN4. The maximum atomic E-state index is 5.88. The average molecular weight is 229 g/mol. The quantitative estimate of drug-likeness (QED) is 0.855. The van der Waals surface area contributed by atoms with Crippen LogP contribution < -0.4 is 5.32 Å². The molecule has 1 rings (SSSR count). The monoisotopic (exact) mass is 228 g/mol. The summed E-state index contributed by atoms with van der Waals surface area (Å²) in [5.74, 6) is 0.633. The predicted octanol–water partition coefficient (Wildman–Crippen LogP) is 1.88. The van der Waals surface area contributed by atoms with Crippen LogP contribution in [0.4, 0.5) is 5.82 Å². The predicted molar refractivity (Wildman–Crippen MR) is 63.3 cm³/mol. The highest BCUT2D eigenvalue weighted by Gasteiger charge is 2.20. The number of rotatable bonds is 4. The zero-order valence-corrected chi connectivity index (χ0v) is 10.3. The van der Waals surface area contributed by atoms with Gasteiger partial charge in [0.1, 0.15) is 0 Å². The first kappa shape index (κ1) is 12.2. The van der Waals surface area contributed by atoms with Gasteiger partial charge in [-0.25, -0.2) is 9.97 Å². The van der Waals surface area contributed by atoms with E-state index in [0.717, 1.165) is 6.54 Å². The molecule has 0 aromatic carbocycles. The van der Waals surface area contributed by atoms with Gasteiger partial charge < -0.3 is 10.2 Å². The number of nitrogens with zero attached hydrogens (tertiary/aromatic N) is 3. The molecule has 0 unspecified atom stereocenters. The summed E-state index contributed by atoms with van der Waals surface area (Å²) < 4.78 is 0. The minimum atomic E-state index is 0.0425. The molecule has 0 bridgehead atoms. The lowest BCUT2D eigenvalue weighted by Gasteiger charge is -2.32. The van der Waals surface area contributed by atoms with E-state index in [4.69, 9.17) is 11.6 Å². The number of aromatic nitrogens is 2. The third-order valence-electron chi connectivity index (χ3n) is 2.55. The summed E-state index contributed by atoms with van der Waals surface area (Å²) in [6.45, 7) is 5.05. The van der Waals surface area contributed by atoms with Crippen molar-refractivity contribution in [3.63, 3.8) is 0 Å². The van der Waals surface area contributed by atoms with Crippen LogP contribution in [0.3, 0.4) is 0 Å². The number of anilines is 1. The summed E-state index contributed by atoms with van der Waals surface area (Å²) in [6, 6.07) is 0. The lowest BCUT2D eigenvalue weighted by molar-refractivity contribution is 0.210. The molecule has 0 amide bonds. The molecule has 4 nitrogen and oxygen atoms in total. The van der Waals surface area contributed by atoms with Crippen LogP contribution >= 0.6 is 11.6 Å². The third kappa shape index (κ3) is 3.32. The van der Waals surface area contributed by atoms with Gasteiger partial charge in [-0.3, -0.25) is 0 Å². The molecule has 1 aromatic rings. The molecule has 0 saturated carbocycles. The molecule has 0 saturated heterocycles. The summed E-state index contributed by atoms with van der Waals surface area (Å²) in [6.07, 6.45) is 3.20. The highest BCUT2D eigenvalue weighted by molar-refractivity contribution is 6.31. The lowest BCUT2D eigenvalue weighted by atomic mass is 10.0. The minimum absolute atomic E-state index is 0.0425. The second kappa shape index (κ2) is 4.77. The first-order valence-electron chi connectivity index (χ1n) is 4.81. The Labute approximate surface area is 95.7 Å². The van der Waals surface area contributed by atoms with Crippen LogP contribution in [-0.2, 0) is 0 Å². The first-order chi connectivity index (χ1) is 6.93. The van der Waals surface area contributed by atoms with E-state index >= 15 is 0 Å². The molecule has 0 aliphatic carbocycles. The molecule has 84 valence electrons. The lowest BCUT2D eigenvalue weighted by Crippen LogP contribution is -2.44. The molecule has 5 heteroatoms. The van der Waals surface area contributed by atoms with E-state index in [1.54, 1.807) is 12.4 Å². The largest absolute Gasteiger partial charge is 0.366 e. The van der Waals surface area contributed by atoms with E-state index in [1.807, 2.05) is 14.1 Å². The maximum Gasteiger partial charge on any atom is 0.171 e. The summed E-state index contributed by atoms with van der Waals surface area (Å²) >= 11 is 5.88. The van der Waals surface area contributed by atoms with Gasteiger partial charge >= 0.3 is 0 Å².